The molecule has 1 nitrogen and oxygen atoms in total. The summed E-state index contributed by atoms with van der Waals surface area (Å²) in [6.45, 7) is 5.55. The molecule has 0 aliphatic carbocycles. The minimum Gasteiger partial charge on any atom is -0.295 e. The summed E-state index contributed by atoms with van der Waals surface area (Å²) in [5, 5.41) is 0. The fourth-order valence-corrected chi connectivity index (χ4v) is 0.845. The number of hydrogen-bond acceptors (Lipinski definition) is 2. The van der Waals surface area contributed by atoms with Crippen molar-refractivity contribution in [3.05, 3.63) is 29.8 Å². The quantitative estimate of drug-likeness (QED) is 0.521. The minimum absolute atomic E-state index is 0.0910. The van der Waals surface area contributed by atoms with Gasteiger partial charge in [0.05, 0.1) is 0 Å². The Balaban J connectivity index is 0.000000561. The summed E-state index contributed by atoms with van der Waals surface area (Å²) in [6, 6.07) is 7.15. The summed E-state index contributed by atoms with van der Waals surface area (Å²) in [5.41, 5.74) is 0.734. The summed E-state index contributed by atoms with van der Waals surface area (Å²) in [4.78, 5) is 11.6. The van der Waals surface area contributed by atoms with Crippen molar-refractivity contribution in [1.82, 2.24) is 0 Å². The molecule has 66 valence electrons. The van der Waals surface area contributed by atoms with Crippen LogP contribution in [0.4, 0.5) is 0 Å². The largest absolute Gasteiger partial charge is 0.295 e. The van der Waals surface area contributed by atoms with Crippen molar-refractivity contribution in [1.29, 1.82) is 0 Å². The van der Waals surface area contributed by atoms with E-state index in [1.54, 1.807) is 31.2 Å². The second kappa shape index (κ2) is 5.84. The first-order chi connectivity index (χ1) is 5.70. The molecule has 0 unspecified atom stereocenters. The van der Waals surface area contributed by atoms with Crippen molar-refractivity contribution in [3.63, 3.8) is 0 Å². The monoisotopic (exact) mass is 182 g/mol. The normalized spacial score (nSPS) is 8.33. The third-order valence-corrected chi connectivity index (χ3v) is 1.57. The SMILES string of the molecule is CC.CC(=O)c1ccc(S)cc1. The Hall–Kier alpha value is -0.760. The molecule has 0 bridgehead atoms. The number of rotatable bonds is 1. The van der Waals surface area contributed by atoms with Gasteiger partial charge in [-0.15, -0.1) is 12.6 Å². The second-order valence-electron chi connectivity index (χ2n) is 2.10. The Morgan fingerprint density at radius 2 is 1.58 bits per heavy atom. The molecule has 1 aromatic carbocycles. The van der Waals surface area contributed by atoms with Crippen molar-refractivity contribution in [2.75, 3.05) is 0 Å². The van der Waals surface area contributed by atoms with Crippen LogP contribution in [0.3, 0.4) is 0 Å². The van der Waals surface area contributed by atoms with E-state index in [9.17, 15) is 4.79 Å². The van der Waals surface area contributed by atoms with Gasteiger partial charge in [0.25, 0.3) is 0 Å². The fourth-order valence-electron chi connectivity index (χ4n) is 0.696. The van der Waals surface area contributed by atoms with Gasteiger partial charge >= 0.3 is 0 Å². The number of hydrogen-bond donors (Lipinski definition) is 1. The molecule has 0 aliphatic heterocycles. The first-order valence-corrected chi connectivity index (χ1v) is 4.45. The lowest BCUT2D eigenvalue weighted by atomic mass is 10.2. The average Bonchev–Trinajstić information content (AvgIpc) is 2.09. The smallest absolute Gasteiger partial charge is 0.159 e. The second-order valence-corrected chi connectivity index (χ2v) is 2.62. The first-order valence-electron chi connectivity index (χ1n) is 4.00. The van der Waals surface area contributed by atoms with Gasteiger partial charge in [-0.1, -0.05) is 26.0 Å². The van der Waals surface area contributed by atoms with Crippen molar-refractivity contribution < 1.29 is 4.79 Å². The molecule has 0 aliphatic rings. The molecule has 0 spiro atoms. The Morgan fingerprint density at radius 1 is 1.17 bits per heavy atom. The van der Waals surface area contributed by atoms with E-state index in [0.717, 1.165) is 10.5 Å². The van der Waals surface area contributed by atoms with Gasteiger partial charge in [-0.25, -0.2) is 0 Å². The van der Waals surface area contributed by atoms with E-state index in [0.29, 0.717) is 0 Å². The van der Waals surface area contributed by atoms with Crippen LogP contribution in [-0.4, -0.2) is 5.78 Å². The van der Waals surface area contributed by atoms with E-state index in [1.165, 1.54) is 0 Å². The van der Waals surface area contributed by atoms with Crippen LogP contribution in [0.1, 0.15) is 31.1 Å². The molecule has 0 fully saturated rings. The third-order valence-electron chi connectivity index (χ3n) is 1.27. The molecule has 0 amide bonds. The van der Waals surface area contributed by atoms with Gasteiger partial charge in [0.2, 0.25) is 0 Å². The predicted molar refractivity (Wildman–Crippen MR) is 55.0 cm³/mol. The van der Waals surface area contributed by atoms with E-state index in [-0.39, 0.29) is 5.78 Å². The average molecular weight is 182 g/mol. The van der Waals surface area contributed by atoms with Crippen molar-refractivity contribution in [3.8, 4) is 0 Å². The Kier molecular flexibility index (Phi) is 5.47. The van der Waals surface area contributed by atoms with Crippen LogP contribution in [0.25, 0.3) is 0 Å². The molecular weight excluding hydrogens is 168 g/mol. The summed E-state index contributed by atoms with van der Waals surface area (Å²) < 4.78 is 0. The summed E-state index contributed by atoms with van der Waals surface area (Å²) in [5.74, 6) is 0.0910. The van der Waals surface area contributed by atoms with E-state index >= 15 is 0 Å². The molecule has 2 heteroatoms. The molecule has 1 rings (SSSR count). The van der Waals surface area contributed by atoms with Gasteiger partial charge in [0.1, 0.15) is 0 Å². The first kappa shape index (κ1) is 11.2. The van der Waals surface area contributed by atoms with E-state index < -0.39 is 0 Å². The lowest BCUT2D eigenvalue weighted by molar-refractivity contribution is 0.101. The highest BCUT2D eigenvalue weighted by Gasteiger charge is 1.95. The van der Waals surface area contributed by atoms with Gasteiger partial charge < -0.3 is 0 Å². The number of thiol groups is 1. The van der Waals surface area contributed by atoms with Crippen LogP contribution in [0.15, 0.2) is 29.2 Å². The lowest BCUT2D eigenvalue weighted by Gasteiger charge is -1.93. The molecule has 0 aromatic heterocycles. The van der Waals surface area contributed by atoms with Crippen molar-refractivity contribution >= 4 is 18.4 Å². The molecule has 0 radical (unpaired) electrons. The highest BCUT2D eigenvalue weighted by atomic mass is 32.1. The van der Waals surface area contributed by atoms with Crippen LogP contribution in [0.2, 0.25) is 0 Å². The standard InChI is InChI=1S/C8H8OS.C2H6/c1-6(9)7-2-4-8(10)5-3-7;1-2/h2-5,10H,1H3;1-2H3. The number of carbonyl (C=O) groups excluding carboxylic acids is 1. The molecular formula is C10H14OS. The summed E-state index contributed by atoms with van der Waals surface area (Å²) in [6.07, 6.45) is 0. The van der Waals surface area contributed by atoms with Crippen molar-refractivity contribution in [2.45, 2.75) is 25.7 Å². The van der Waals surface area contributed by atoms with Crippen LogP contribution in [-0.2, 0) is 0 Å². The maximum absolute atomic E-state index is 10.7. The van der Waals surface area contributed by atoms with E-state index in [1.807, 2.05) is 13.8 Å². The molecule has 0 atom stereocenters. The Labute approximate surface area is 79.2 Å². The Morgan fingerprint density at radius 3 is 1.92 bits per heavy atom. The molecule has 0 saturated carbocycles. The van der Waals surface area contributed by atoms with E-state index in [2.05, 4.69) is 12.6 Å². The number of benzene rings is 1. The number of carbonyl (C=O) groups is 1. The molecule has 0 saturated heterocycles. The fraction of sp³-hybridized carbons (Fsp3) is 0.300. The number of ketones is 1. The van der Waals surface area contributed by atoms with Gasteiger partial charge in [0.15, 0.2) is 5.78 Å². The van der Waals surface area contributed by atoms with Crippen LogP contribution < -0.4 is 0 Å². The maximum atomic E-state index is 10.7. The van der Waals surface area contributed by atoms with Crippen LogP contribution in [0.5, 0.6) is 0 Å². The third kappa shape index (κ3) is 3.58. The summed E-state index contributed by atoms with van der Waals surface area (Å²) in [7, 11) is 0. The zero-order chi connectivity index (χ0) is 9.56. The highest BCUT2D eigenvalue weighted by Crippen LogP contribution is 2.07. The maximum Gasteiger partial charge on any atom is 0.159 e. The van der Waals surface area contributed by atoms with Crippen LogP contribution in [0, 0.1) is 0 Å². The number of Topliss-reactive ketones (excluding diaryl/α,β-unsaturated/α-hetero) is 1. The topological polar surface area (TPSA) is 17.1 Å². The zero-order valence-electron chi connectivity index (χ0n) is 7.66. The van der Waals surface area contributed by atoms with Crippen molar-refractivity contribution in [2.24, 2.45) is 0 Å². The minimum atomic E-state index is 0.0910. The van der Waals surface area contributed by atoms with Gasteiger partial charge in [-0.3, -0.25) is 4.79 Å². The molecule has 0 N–H and O–H groups in total. The highest BCUT2D eigenvalue weighted by molar-refractivity contribution is 7.80. The summed E-state index contributed by atoms with van der Waals surface area (Å²) >= 11 is 4.09. The zero-order valence-corrected chi connectivity index (χ0v) is 8.56. The Bertz CT molecular complexity index is 239. The van der Waals surface area contributed by atoms with Gasteiger partial charge in [-0.05, 0) is 19.1 Å². The molecule has 12 heavy (non-hydrogen) atoms. The molecule has 0 heterocycles. The van der Waals surface area contributed by atoms with Gasteiger partial charge in [0, 0.05) is 10.5 Å². The molecule has 1 aromatic rings. The van der Waals surface area contributed by atoms with Crippen LogP contribution >= 0.6 is 12.6 Å². The lowest BCUT2D eigenvalue weighted by Crippen LogP contribution is -1.89. The predicted octanol–water partition coefficient (Wildman–Crippen LogP) is 3.20. The van der Waals surface area contributed by atoms with E-state index in [4.69, 9.17) is 0 Å². The van der Waals surface area contributed by atoms with Gasteiger partial charge in [-0.2, -0.15) is 0 Å².